The topological polar surface area (TPSA) is 30.0 Å². The third-order valence-electron chi connectivity index (χ3n) is 3.09. The lowest BCUT2D eigenvalue weighted by Crippen LogP contribution is -2.03. The number of hydrogen-bond acceptors (Lipinski definition) is 2. The number of benzene rings is 1. The van der Waals surface area contributed by atoms with Crippen molar-refractivity contribution in [2.75, 3.05) is 0 Å². The minimum Gasteiger partial charge on any atom is -0.294 e. The molecule has 0 aliphatic carbocycles. The molecule has 2 rings (SSSR count). The lowest BCUT2D eigenvalue weighted by Gasteiger charge is -2.09. The molecule has 1 atom stereocenters. The summed E-state index contributed by atoms with van der Waals surface area (Å²) in [6, 6.07) is 15.4. The summed E-state index contributed by atoms with van der Waals surface area (Å²) < 4.78 is 0. The van der Waals surface area contributed by atoms with Crippen LogP contribution in [0.4, 0.5) is 0 Å². The first kappa shape index (κ1) is 12.5. The molecule has 0 spiro atoms. The molecule has 18 heavy (non-hydrogen) atoms. The van der Waals surface area contributed by atoms with Crippen molar-refractivity contribution in [1.82, 2.24) is 4.98 Å². The van der Waals surface area contributed by atoms with Gasteiger partial charge < -0.3 is 0 Å². The van der Waals surface area contributed by atoms with E-state index in [2.05, 4.69) is 11.9 Å². The first-order chi connectivity index (χ1) is 8.77. The monoisotopic (exact) mass is 239 g/mol. The van der Waals surface area contributed by atoms with Crippen LogP contribution >= 0.6 is 0 Å². The molecule has 1 aromatic carbocycles. The first-order valence-corrected chi connectivity index (χ1v) is 6.26. The minimum atomic E-state index is 0.207. The largest absolute Gasteiger partial charge is 0.294 e. The van der Waals surface area contributed by atoms with Crippen LogP contribution in [0.1, 0.15) is 41.7 Å². The Hall–Kier alpha value is -1.96. The maximum absolute atomic E-state index is 12.0. The first-order valence-electron chi connectivity index (χ1n) is 6.26. The maximum Gasteiger partial charge on any atom is 0.162 e. The molecule has 0 saturated heterocycles. The van der Waals surface area contributed by atoms with Gasteiger partial charge in [0, 0.05) is 23.9 Å². The Labute approximate surface area is 108 Å². The van der Waals surface area contributed by atoms with Gasteiger partial charge in [-0.3, -0.25) is 9.78 Å². The van der Waals surface area contributed by atoms with Gasteiger partial charge in [0.25, 0.3) is 0 Å². The summed E-state index contributed by atoms with van der Waals surface area (Å²) in [5.41, 5.74) is 1.85. The zero-order valence-corrected chi connectivity index (χ0v) is 10.5. The van der Waals surface area contributed by atoms with Gasteiger partial charge in [0.2, 0.25) is 0 Å². The van der Waals surface area contributed by atoms with Crippen molar-refractivity contribution in [1.29, 1.82) is 0 Å². The van der Waals surface area contributed by atoms with E-state index in [1.54, 1.807) is 6.20 Å². The smallest absolute Gasteiger partial charge is 0.162 e. The van der Waals surface area contributed by atoms with Crippen LogP contribution in [0.15, 0.2) is 54.7 Å². The van der Waals surface area contributed by atoms with Crippen LogP contribution in [0.25, 0.3) is 0 Å². The van der Waals surface area contributed by atoms with Gasteiger partial charge in [-0.25, -0.2) is 0 Å². The maximum atomic E-state index is 12.0. The fourth-order valence-electron chi connectivity index (χ4n) is 1.93. The van der Waals surface area contributed by atoms with Crippen molar-refractivity contribution in [3.63, 3.8) is 0 Å². The van der Waals surface area contributed by atoms with E-state index < -0.39 is 0 Å². The van der Waals surface area contributed by atoms with Gasteiger partial charge in [-0.15, -0.1) is 0 Å². The molecule has 0 N–H and O–H groups in total. The number of Topliss-reactive ketones (excluding diaryl/α,β-unsaturated/α-hetero) is 1. The van der Waals surface area contributed by atoms with Crippen LogP contribution in [0, 0.1) is 0 Å². The Kier molecular flexibility index (Phi) is 4.24. The molecule has 1 unspecified atom stereocenters. The summed E-state index contributed by atoms with van der Waals surface area (Å²) in [6.45, 7) is 2.11. The van der Waals surface area contributed by atoms with E-state index in [1.165, 1.54) is 0 Å². The Morgan fingerprint density at radius 2 is 1.83 bits per heavy atom. The second-order valence-electron chi connectivity index (χ2n) is 4.48. The van der Waals surface area contributed by atoms with E-state index in [-0.39, 0.29) is 5.78 Å². The van der Waals surface area contributed by atoms with Crippen molar-refractivity contribution in [3.8, 4) is 0 Å². The number of carbonyl (C=O) groups excluding carboxylic acids is 1. The molecule has 1 heterocycles. The Morgan fingerprint density at radius 3 is 2.50 bits per heavy atom. The number of hydrogen-bond donors (Lipinski definition) is 0. The summed E-state index contributed by atoms with van der Waals surface area (Å²) in [5, 5.41) is 0. The van der Waals surface area contributed by atoms with E-state index in [9.17, 15) is 4.79 Å². The zero-order valence-electron chi connectivity index (χ0n) is 10.5. The molecular formula is C16H17NO. The molecule has 0 aliphatic rings. The average Bonchev–Trinajstić information content (AvgIpc) is 2.46. The van der Waals surface area contributed by atoms with Crippen LogP contribution in [0.2, 0.25) is 0 Å². The van der Waals surface area contributed by atoms with E-state index in [1.807, 2.05) is 48.5 Å². The molecule has 0 saturated carbocycles. The molecule has 1 aromatic heterocycles. The molecule has 0 aliphatic heterocycles. The highest BCUT2D eigenvalue weighted by molar-refractivity contribution is 5.95. The normalized spacial score (nSPS) is 12.1. The fourth-order valence-corrected chi connectivity index (χ4v) is 1.93. The quantitative estimate of drug-likeness (QED) is 0.742. The number of aromatic nitrogens is 1. The Bertz CT molecular complexity index is 493. The highest BCUT2D eigenvalue weighted by Crippen LogP contribution is 2.19. The molecule has 0 amide bonds. The molecule has 0 radical (unpaired) electrons. The molecule has 2 aromatic rings. The van der Waals surface area contributed by atoms with Crippen LogP contribution < -0.4 is 0 Å². The molecule has 92 valence electrons. The van der Waals surface area contributed by atoms with Crippen molar-refractivity contribution in [3.05, 3.63) is 66.0 Å². The van der Waals surface area contributed by atoms with Gasteiger partial charge in [0.15, 0.2) is 5.78 Å². The molecule has 2 nitrogen and oxygen atoms in total. The van der Waals surface area contributed by atoms with E-state index in [4.69, 9.17) is 0 Å². The minimum absolute atomic E-state index is 0.207. The number of pyridine rings is 1. The summed E-state index contributed by atoms with van der Waals surface area (Å²) in [4.78, 5) is 16.3. The molecular weight excluding hydrogens is 222 g/mol. The second kappa shape index (κ2) is 6.10. The predicted octanol–water partition coefficient (Wildman–Crippen LogP) is 3.85. The summed E-state index contributed by atoms with van der Waals surface area (Å²) >= 11 is 0. The highest BCUT2D eigenvalue weighted by Gasteiger charge is 2.10. The van der Waals surface area contributed by atoms with Gasteiger partial charge in [-0.1, -0.05) is 43.3 Å². The molecule has 0 fully saturated rings. The number of carbonyl (C=O) groups is 1. The van der Waals surface area contributed by atoms with Gasteiger partial charge in [-0.2, -0.15) is 0 Å². The van der Waals surface area contributed by atoms with E-state index in [0.717, 1.165) is 17.7 Å². The predicted molar refractivity (Wildman–Crippen MR) is 72.7 cm³/mol. The summed E-state index contributed by atoms with van der Waals surface area (Å²) in [5.74, 6) is 0.525. The Balaban J connectivity index is 1.91. The van der Waals surface area contributed by atoms with E-state index >= 15 is 0 Å². The Morgan fingerprint density at radius 1 is 1.11 bits per heavy atom. The van der Waals surface area contributed by atoms with Gasteiger partial charge in [0.05, 0.1) is 0 Å². The van der Waals surface area contributed by atoms with Crippen LogP contribution in [-0.2, 0) is 0 Å². The van der Waals surface area contributed by atoms with E-state index in [0.29, 0.717) is 12.3 Å². The van der Waals surface area contributed by atoms with Crippen molar-refractivity contribution in [2.24, 2.45) is 0 Å². The van der Waals surface area contributed by atoms with Crippen LogP contribution in [0.3, 0.4) is 0 Å². The summed E-state index contributed by atoms with van der Waals surface area (Å²) in [6.07, 6.45) is 3.21. The standard InChI is InChI=1S/C16H17NO/c1-13(15-9-5-6-12-17-15)10-11-16(18)14-7-3-2-4-8-14/h2-9,12-13H,10-11H2,1H3. The van der Waals surface area contributed by atoms with Gasteiger partial charge in [0.1, 0.15) is 0 Å². The molecule has 0 bridgehead atoms. The number of nitrogens with zero attached hydrogens (tertiary/aromatic N) is 1. The van der Waals surface area contributed by atoms with Crippen LogP contribution in [0.5, 0.6) is 0 Å². The second-order valence-corrected chi connectivity index (χ2v) is 4.48. The fraction of sp³-hybridized carbons (Fsp3) is 0.250. The number of rotatable bonds is 5. The van der Waals surface area contributed by atoms with Crippen molar-refractivity contribution < 1.29 is 4.79 Å². The highest BCUT2D eigenvalue weighted by atomic mass is 16.1. The van der Waals surface area contributed by atoms with Crippen LogP contribution in [-0.4, -0.2) is 10.8 Å². The average molecular weight is 239 g/mol. The van der Waals surface area contributed by atoms with Gasteiger partial charge in [-0.05, 0) is 24.5 Å². The lowest BCUT2D eigenvalue weighted by molar-refractivity contribution is 0.0978. The number of ketones is 1. The summed E-state index contributed by atoms with van der Waals surface area (Å²) in [7, 11) is 0. The third-order valence-corrected chi connectivity index (χ3v) is 3.09. The SMILES string of the molecule is CC(CCC(=O)c1ccccc1)c1ccccn1. The third kappa shape index (κ3) is 3.27. The zero-order chi connectivity index (χ0) is 12.8. The lowest BCUT2D eigenvalue weighted by atomic mass is 9.97. The van der Waals surface area contributed by atoms with Crippen molar-refractivity contribution >= 4 is 5.78 Å². The molecule has 2 heteroatoms. The van der Waals surface area contributed by atoms with Crippen molar-refractivity contribution in [2.45, 2.75) is 25.7 Å². The van der Waals surface area contributed by atoms with Gasteiger partial charge >= 0.3 is 0 Å².